The Bertz CT molecular complexity index is 1260. The first-order valence-electron chi connectivity index (χ1n) is 10.7. The van der Waals surface area contributed by atoms with Gasteiger partial charge in [-0.05, 0) is 47.0 Å². The van der Waals surface area contributed by atoms with Crippen molar-refractivity contribution in [1.82, 2.24) is 0 Å². The van der Waals surface area contributed by atoms with E-state index in [4.69, 9.17) is 14.9 Å². The van der Waals surface area contributed by atoms with Crippen LogP contribution in [0.1, 0.15) is 42.2 Å². The molecule has 0 fully saturated rings. The van der Waals surface area contributed by atoms with Crippen LogP contribution in [0.2, 0.25) is 0 Å². The number of hydrogen-bond donors (Lipinski definition) is 2. The highest BCUT2D eigenvalue weighted by atomic mass is 16.5. The molecule has 5 heteroatoms. The van der Waals surface area contributed by atoms with Crippen molar-refractivity contribution in [2.45, 2.75) is 39.3 Å². The zero-order valence-electron chi connectivity index (χ0n) is 18.3. The highest BCUT2D eigenvalue weighted by Gasteiger charge is 2.15. The van der Waals surface area contributed by atoms with Gasteiger partial charge in [-0.25, -0.2) is 0 Å². The van der Waals surface area contributed by atoms with Gasteiger partial charge in [0, 0.05) is 29.0 Å². The van der Waals surface area contributed by atoms with E-state index in [1.54, 1.807) is 12.1 Å². The summed E-state index contributed by atoms with van der Waals surface area (Å²) in [5.74, 6) is 0.898. The first kappa shape index (κ1) is 21.7. The highest BCUT2D eigenvalue weighted by molar-refractivity contribution is 5.93. The minimum absolute atomic E-state index is 0.0776. The summed E-state index contributed by atoms with van der Waals surface area (Å²) in [6.07, 6.45) is -0.0776. The molecule has 4 aromatic rings. The van der Waals surface area contributed by atoms with Crippen molar-refractivity contribution in [2.24, 2.45) is 5.73 Å². The second-order valence-electron chi connectivity index (χ2n) is 8.24. The van der Waals surface area contributed by atoms with Crippen molar-refractivity contribution < 1.29 is 19.1 Å². The SMILES string of the molecule is CC(C)c1cc2cc(COc3ccccc3CC(=O)O)cc(-c3cccc(CN)c3)c2o1. The molecule has 0 aliphatic rings. The number of carboxylic acids is 1. The summed E-state index contributed by atoms with van der Waals surface area (Å²) in [6, 6.07) is 21.6. The van der Waals surface area contributed by atoms with Crippen LogP contribution in [0.5, 0.6) is 5.75 Å². The summed E-state index contributed by atoms with van der Waals surface area (Å²) in [4.78, 5) is 11.2. The van der Waals surface area contributed by atoms with E-state index in [2.05, 4.69) is 44.2 Å². The van der Waals surface area contributed by atoms with E-state index in [0.717, 1.165) is 39.0 Å². The number of ether oxygens (including phenoxy) is 1. The molecule has 0 aliphatic heterocycles. The monoisotopic (exact) mass is 429 g/mol. The summed E-state index contributed by atoms with van der Waals surface area (Å²) >= 11 is 0. The molecule has 5 nitrogen and oxygen atoms in total. The second kappa shape index (κ2) is 9.28. The molecule has 4 rings (SSSR count). The van der Waals surface area contributed by atoms with Gasteiger partial charge in [0.05, 0.1) is 6.42 Å². The van der Waals surface area contributed by atoms with Crippen LogP contribution in [0.25, 0.3) is 22.1 Å². The van der Waals surface area contributed by atoms with Crippen molar-refractivity contribution in [1.29, 1.82) is 0 Å². The molecule has 0 amide bonds. The van der Waals surface area contributed by atoms with Gasteiger partial charge in [-0.1, -0.05) is 50.2 Å². The van der Waals surface area contributed by atoms with Crippen molar-refractivity contribution >= 4 is 16.9 Å². The van der Waals surface area contributed by atoms with E-state index in [0.29, 0.717) is 24.5 Å². The van der Waals surface area contributed by atoms with Crippen LogP contribution < -0.4 is 10.5 Å². The number of para-hydroxylation sites is 1. The Hall–Kier alpha value is -3.57. The minimum atomic E-state index is -0.885. The van der Waals surface area contributed by atoms with E-state index >= 15 is 0 Å². The number of rotatable bonds is 8. The predicted octanol–water partition coefficient (Wildman–Crippen LogP) is 5.89. The minimum Gasteiger partial charge on any atom is -0.489 e. The third-order valence-corrected chi connectivity index (χ3v) is 5.45. The number of hydrogen-bond acceptors (Lipinski definition) is 4. The van der Waals surface area contributed by atoms with Gasteiger partial charge in [-0.15, -0.1) is 0 Å². The second-order valence-corrected chi connectivity index (χ2v) is 8.24. The first-order valence-corrected chi connectivity index (χ1v) is 10.7. The molecule has 1 heterocycles. The molecule has 1 aromatic heterocycles. The molecular weight excluding hydrogens is 402 g/mol. The van der Waals surface area contributed by atoms with Crippen molar-refractivity contribution in [2.75, 3.05) is 0 Å². The smallest absolute Gasteiger partial charge is 0.307 e. The number of nitrogens with two attached hydrogens (primary N) is 1. The third kappa shape index (κ3) is 4.68. The standard InChI is InChI=1S/C27H27NO4/c1-17(2)25-13-22-11-19(16-31-24-9-4-3-7-21(24)14-26(29)30)12-23(27(22)32-25)20-8-5-6-18(10-20)15-28/h3-13,17H,14-16,28H2,1-2H3,(H,29,30). The van der Waals surface area contributed by atoms with E-state index in [-0.39, 0.29) is 12.3 Å². The average Bonchev–Trinajstić information content (AvgIpc) is 3.22. The van der Waals surface area contributed by atoms with Gasteiger partial charge in [0.25, 0.3) is 0 Å². The van der Waals surface area contributed by atoms with Crippen molar-refractivity contribution in [3.63, 3.8) is 0 Å². The molecule has 3 N–H and O–H groups in total. The third-order valence-electron chi connectivity index (χ3n) is 5.45. The van der Waals surface area contributed by atoms with Crippen molar-refractivity contribution in [3.8, 4) is 16.9 Å². The fraction of sp³-hybridized carbons (Fsp3) is 0.222. The Morgan fingerprint density at radius 1 is 1.03 bits per heavy atom. The zero-order chi connectivity index (χ0) is 22.7. The van der Waals surface area contributed by atoms with E-state index in [1.165, 1.54) is 0 Å². The Labute approximate surface area is 187 Å². The Morgan fingerprint density at radius 2 is 1.84 bits per heavy atom. The zero-order valence-corrected chi connectivity index (χ0v) is 18.3. The van der Waals surface area contributed by atoms with E-state index < -0.39 is 5.97 Å². The molecule has 0 saturated heterocycles. The summed E-state index contributed by atoms with van der Waals surface area (Å²) in [5, 5.41) is 10.2. The Morgan fingerprint density at radius 3 is 2.59 bits per heavy atom. The van der Waals surface area contributed by atoms with Gasteiger partial charge in [0.15, 0.2) is 0 Å². The quantitative estimate of drug-likeness (QED) is 0.365. The molecule has 0 aliphatic carbocycles. The molecule has 0 saturated carbocycles. The number of aliphatic carboxylic acids is 1. The molecule has 0 atom stereocenters. The maximum atomic E-state index is 11.2. The Balaban J connectivity index is 1.73. The lowest BCUT2D eigenvalue weighted by molar-refractivity contribution is -0.136. The lowest BCUT2D eigenvalue weighted by Crippen LogP contribution is -2.04. The van der Waals surface area contributed by atoms with Crippen LogP contribution in [-0.2, 0) is 24.4 Å². The molecule has 0 bridgehead atoms. The lowest BCUT2D eigenvalue weighted by atomic mass is 9.98. The number of furan rings is 1. The normalized spacial score (nSPS) is 11.2. The molecule has 32 heavy (non-hydrogen) atoms. The molecular formula is C27H27NO4. The van der Waals surface area contributed by atoms with Crippen LogP contribution >= 0.6 is 0 Å². The van der Waals surface area contributed by atoms with E-state index in [9.17, 15) is 9.90 Å². The fourth-order valence-electron chi connectivity index (χ4n) is 3.80. The number of fused-ring (bicyclic) bond motifs is 1. The average molecular weight is 430 g/mol. The van der Waals surface area contributed by atoms with Crippen LogP contribution in [-0.4, -0.2) is 11.1 Å². The molecule has 0 unspecified atom stereocenters. The van der Waals surface area contributed by atoms with Crippen LogP contribution in [0.15, 0.2) is 71.1 Å². The molecule has 3 aromatic carbocycles. The largest absolute Gasteiger partial charge is 0.489 e. The number of carbonyl (C=O) groups is 1. The number of benzene rings is 3. The Kier molecular flexibility index (Phi) is 6.28. The first-order chi connectivity index (χ1) is 15.4. The predicted molar refractivity (Wildman–Crippen MR) is 126 cm³/mol. The molecule has 0 radical (unpaired) electrons. The van der Waals surface area contributed by atoms with Gasteiger partial charge in [0.2, 0.25) is 0 Å². The maximum absolute atomic E-state index is 11.2. The topological polar surface area (TPSA) is 85.7 Å². The molecule has 0 spiro atoms. The molecule has 164 valence electrons. The van der Waals surface area contributed by atoms with Gasteiger partial charge in [-0.2, -0.15) is 0 Å². The fourth-order valence-corrected chi connectivity index (χ4v) is 3.80. The van der Waals surface area contributed by atoms with Crippen LogP contribution in [0.3, 0.4) is 0 Å². The maximum Gasteiger partial charge on any atom is 0.307 e. The van der Waals surface area contributed by atoms with Crippen LogP contribution in [0, 0.1) is 0 Å². The summed E-state index contributed by atoms with van der Waals surface area (Å²) in [5.41, 5.74) is 11.4. The van der Waals surface area contributed by atoms with Gasteiger partial charge < -0.3 is 20.0 Å². The highest BCUT2D eigenvalue weighted by Crippen LogP contribution is 2.35. The summed E-state index contributed by atoms with van der Waals surface area (Å²) in [7, 11) is 0. The van der Waals surface area contributed by atoms with Crippen LogP contribution in [0.4, 0.5) is 0 Å². The number of carboxylic acid groups (broad SMARTS) is 1. The van der Waals surface area contributed by atoms with Gasteiger partial charge in [-0.3, -0.25) is 4.79 Å². The summed E-state index contributed by atoms with van der Waals surface area (Å²) in [6.45, 7) is 5.00. The van der Waals surface area contributed by atoms with Crippen molar-refractivity contribution in [3.05, 3.63) is 89.2 Å². The summed E-state index contributed by atoms with van der Waals surface area (Å²) < 4.78 is 12.3. The van der Waals surface area contributed by atoms with Gasteiger partial charge in [0.1, 0.15) is 23.7 Å². The van der Waals surface area contributed by atoms with Gasteiger partial charge >= 0.3 is 5.97 Å². The van der Waals surface area contributed by atoms with E-state index in [1.807, 2.05) is 24.3 Å². The lowest BCUT2D eigenvalue weighted by Gasteiger charge is -2.12.